The van der Waals surface area contributed by atoms with Gasteiger partial charge in [0.15, 0.2) is 9.84 Å². The smallest absolute Gasteiger partial charge is 0.156 e. The van der Waals surface area contributed by atoms with E-state index in [2.05, 4.69) is 6.58 Å². The van der Waals surface area contributed by atoms with E-state index < -0.39 is 9.84 Å². The molecule has 2 unspecified atom stereocenters. The normalized spacial score (nSPS) is 31.1. The third kappa shape index (κ3) is 3.51. The number of hydrogen-bond acceptors (Lipinski definition) is 3. The van der Waals surface area contributed by atoms with Gasteiger partial charge in [-0.3, -0.25) is 4.79 Å². The Morgan fingerprint density at radius 3 is 2.25 bits per heavy atom. The Balaban J connectivity index is 1.71. The molecule has 2 atom stereocenters. The quantitative estimate of drug-likeness (QED) is 0.509. The van der Waals surface area contributed by atoms with Gasteiger partial charge in [-0.05, 0) is 44.9 Å². The molecule has 0 aromatic rings. The number of fused-ring (bicyclic) bond motifs is 2. The fourth-order valence-electron chi connectivity index (χ4n) is 3.62. The lowest BCUT2D eigenvalue weighted by atomic mass is 9.91. The molecule has 0 aliphatic carbocycles. The fourth-order valence-corrected chi connectivity index (χ4v) is 6.09. The van der Waals surface area contributed by atoms with Crippen LogP contribution in [0.4, 0.5) is 0 Å². The van der Waals surface area contributed by atoms with E-state index in [0.717, 1.165) is 44.9 Å². The molecule has 20 heavy (non-hydrogen) atoms. The van der Waals surface area contributed by atoms with Crippen LogP contribution in [0.5, 0.6) is 0 Å². The van der Waals surface area contributed by atoms with Gasteiger partial charge >= 0.3 is 0 Å². The van der Waals surface area contributed by atoms with E-state index in [-0.39, 0.29) is 16.4 Å². The molecule has 2 rings (SSSR count). The number of rotatable bonds is 8. The number of carbonyl (C=O) groups excluding carboxylic acids is 1. The lowest BCUT2D eigenvalue weighted by Crippen LogP contribution is -2.36. The molecule has 0 amide bonds. The van der Waals surface area contributed by atoms with Gasteiger partial charge in [-0.25, -0.2) is 8.42 Å². The molecule has 0 radical (unpaired) electrons. The SMILES string of the molecule is C=CCCCCCCC(=O)C1CC2CCC(C1)S2(=O)=O. The van der Waals surface area contributed by atoms with Crippen LogP contribution in [-0.4, -0.2) is 24.7 Å². The van der Waals surface area contributed by atoms with Crippen LogP contribution >= 0.6 is 0 Å². The molecule has 2 bridgehead atoms. The maximum absolute atomic E-state index is 12.2. The molecular weight excluding hydrogens is 272 g/mol. The van der Waals surface area contributed by atoms with Gasteiger partial charge in [0.25, 0.3) is 0 Å². The van der Waals surface area contributed by atoms with E-state index in [4.69, 9.17) is 0 Å². The van der Waals surface area contributed by atoms with E-state index in [0.29, 0.717) is 25.0 Å². The zero-order valence-electron chi connectivity index (χ0n) is 12.2. The molecule has 4 heteroatoms. The second kappa shape index (κ2) is 6.88. The van der Waals surface area contributed by atoms with Gasteiger partial charge in [-0.15, -0.1) is 6.58 Å². The topological polar surface area (TPSA) is 51.2 Å². The van der Waals surface area contributed by atoms with Gasteiger partial charge < -0.3 is 0 Å². The summed E-state index contributed by atoms with van der Waals surface area (Å²) in [5.74, 6) is 0.324. The molecule has 0 saturated carbocycles. The van der Waals surface area contributed by atoms with Crippen molar-refractivity contribution in [3.63, 3.8) is 0 Å². The maximum Gasteiger partial charge on any atom is 0.156 e. The summed E-state index contributed by atoms with van der Waals surface area (Å²) in [6, 6.07) is 0. The van der Waals surface area contributed by atoms with Crippen LogP contribution in [0.25, 0.3) is 0 Å². The van der Waals surface area contributed by atoms with E-state index in [1.165, 1.54) is 0 Å². The third-order valence-electron chi connectivity index (χ3n) is 4.87. The Morgan fingerprint density at radius 2 is 1.65 bits per heavy atom. The highest BCUT2D eigenvalue weighted by Crippen LogP contribution is 2.41. The van der Waals surface area contributed by atoms with E-state index >= 15 is 0 Å². The van der Waals surface area contributed by atoms with Crippen LogP contribution in [0.15, 0.2) is 12.7 Å². The summed E-state index contributed by atoms with van der Waals surface area (Å²) in [4.78, 5) is 12.2. The van der Waals surface area contributed by atoms with Crippen LogP contribution in [0.2, 0.25) is 0 Å². The predicted octanol–water partition coefficient (Wildman–Crippen LogP) is 3.44. The second-order valence-corrected chi connectivity index (χ2v) is 8.80. The number of ketones is 1. The first-order valence-corrected chi connectivity index (χ1v) is 9.53. The van der Waals surface area contributed by atoms with E-state index in [9.17, 15) is 13.2 Å². The zero-order chi connectivity index (χ0) is 14.6. The maximum atomic E-state index is 12.2. The third-order valence-corrected chi connectivity index (χ3v) is 7.59. The summed E-state index contributed by atoms with van der Waals surface area (Å²) in [6.45, 7) is 3.70. The van der Waals surface area contributed by atoms with Crippen molar-refractivity contribution >= 4 is 15.6 Å². The highest BCUT2D eigenvalue weighted by Gasteiger charge is 2.48. The van der Waals surface area contributed by atoms with Crippen LogP contribution < -0.4 is 0 Å². The first-order valence-electron chi connectivity index (χ1n) is 7.92. The molecule has 2 heterocycles. The van der Waals surface area contributed by atoms with Crippen LogP contribution in [0.1, 0.15) is 64.2 Å². The first-order chi connectivity index (χ1) is 9.55. The second-order valence-electron chi connectivity index (χ2n) is 6.29. The average molecular weight is 298 g/mol. The lowest BCUT2D eigenvalue weighted by molar-refractivity contribution is -0.123. The zero-order valence-corrected chi connectivity index (χ0v) is 13.0. The highest BCUT2D eigenvalue weighted by atomic mass is 32.2. The Hall–Kier alpha value is -0.640. The van der Waals surface area contributed by atoms with Crippen molar-refractivity contribution in [1.29, 1.82) is 0 Å². The van der Waals surface area contributed by atoms with Crippen molar-refractivity contribution in [3.8, 4) is 0 Å². The number of unbranched alkanes of at least 4 members (excludes halogenated alkanes) is 4. The molecular formula is C16H26O3S. The van der Waals surface area contributed by atoms with Gasteiger partial charge in [0, 0.05) is 12.3 Å². The Kier molecular flexibility index (Phi) is 5.42. The molecule has 2 saturated heterocycles. The van der Waals surface area contributed by atoms with Crippen molar-refractivity contribution < 1.29 is 13.2 Å². The molecule has 0 aromatic heterocycles. The lowest BCUT2D eigenvalue weighted by Gasteiger charge is -2.26. The summed E-state index contributed by atoms with van der Waals surface area (Å²) >= 11 is 0. The minimum atomic E-state index is -2.89. The van der Waals surface area contributed by atoms with Crippen molar-refractivity contribution in [3.05, 3.63) is 12.7 Å². The predicted molar refractivity (Wildman–Crippen MR) is 81.4 cm³/mol. The van der Waals surface area contributed by atoms with Crippen molar-refractivity contribution in [2.24, 2.45) is 5.92 Å². The molecule has 3 nitrogen and oxygen atoms in total. The molecule has 0 N–H and O–H groups in total. The van der Waals surface area contributed by atoms with Crippen LogP contribution in [0, 0.1) is 5.92 Å². The summed E-state index contributed by atoms with van der Waals surface area (Å²) in [5.41, 5.74) is 0. The Bertz CT molecular complexity index is 432. The minimum Gasteiger partial charge on any atom is -0.299 e. The molecule has 0 spiro atoms. The van der Waals surface area contributed by atoms with Gasteiger partial charge in [0.1, 0.15) is 5.78 Å². The highest BCUT2D eigenvalue weighted by molar-refractivity contribution is 7.93. The first kappa shape index (κ1) is 15.7. The molecule has 0 aromatic carbocycles. The summed E-state index contributed by atoms with van der Waals surface area (Å²) in [7, 11) is -2.89. The number of sulfone groups is 1. The molecule has 2 aliphatic rings. The Morgan fingerprint density at radius 1 is 1.05 bits per heavy atom. The van der Waals surface area contributed by atoms with E-state index in [1.54, 1.807) is 0 Å². The largest absolute Gasteiger partial charge is 0.299 e. The summed E-state index contributed by atoms with van der Waals surface area (Å²) in [6.07, 6.45) is 10.7. The van der Waals surface area contributed by atoms with Crippen LogP contribution in [-0.2, 0) is 14.6 Å². The number of hydrogen-bond donors (Lipinski definition) is 0. The molecule has 2 fully saturated rings. The minimum absolute atomic E-state index is 0.0178. The Labute approximate surface area is 122 Å². The fraction of sp³-hybridized carbons (Fsp3) is 0.812. The molecule has 114 valence electrons. The number of allylic oxidation sites excluding steroid dienone is 1. The average Bonchev–Trinajstić information content (AvgIpc) is 2.61. The molecule has 2 aliphatic heterocycles. The van der Waals surface area contributed by atoms with Gasteiger partial charge in [-0.1, -0.05) is 18.9 Å². The standard InChI is InChI=1S/C16H26O3S/c1-2-3-4-5-6-7-8-16(17)13-11-14-9-10-15(12-13)20(14,18)19/h2,13-15H,1,3-12H2. The van der Waals surface area contributed by atoms with E-state index in [1.807, 2.05) is 6.08 Å². The monoisotopic (exact) mass is 298 g/mol. The summed E-state index contributed by atoms with van der Waals surface area (Å²) < 4.78 is 24.0. The number of Topliss-reactive ketones (excluding diaryl/α,β-unsaturated/α-hetero) is 1. The van der Waals surface area contributed by atoms with Crippen LogP contribution in [0.3, 0.4) is 0 Å². The van der Waals surface area contributed by atoms with Gasteiger partial charge in [0.05, 0.1) is 10.5 Å². The van der Waals surface area contributed by atoms with Gasteiger partial charge in [-0.2, -0.15) is 0 Å². The van der Waals surface area contributed by atoms with Crippen molar-refractivity contribution in [2.45, 2.75) is 74.7 Å². The van der Waals surface area contributed by atoms with Crippen molar-refractivity contribution in [2.75, 3.05) is 0 Å². The summed E-state index contributed by atoms with van der Waals surface area (Å²) in [5, 5.41) is -0.439. The van der Waals surface area contributed by atoms with Gasteiger partial charge in [0.2, 0.25) is 0 Å². The number of carbonyl (C=O) groups is 1. The van der Waals surface area contributed by atoms with Crippen molar-refractivity contribution in [1.82, 2.24) is 0 Å².